The first kappa shape index (κ1) is 32.7. The molecule has 1 fully saturated rings. The predicted molar refractivity (Wildman–Crippen MR) is 144 cm³/mol. The van der Waals surface area contributed by atoms with E-state index in [2.05, 4.69) is 6.92 Å². The summed E-state index contributed by atoms with van der Waals surface area (Å²) in [4.78, 5) is 35.1. The van der Waals surface area contributed by atoms with Crippen LogP contribution in [0.3, 0.4) is 0 Å². The fourth-order valence-electron chi connectivity index (χ4n) is 4.60. The Morgan fingerprint density at radius 2 is 1.00 bits per heavy atom. The van der Waals surface area contributed by atoms with E-state index in [4.69, 9.17) is 18.9 Å². The quantitative estimate of drug-likeness (QED) is 0.103. The van der Waals surface area contributed by atoms with Crippen LogP contribution in [0, 0.1) is 0 Å². The molecule has 0 amide bonds. The summed E-state index contributed by atoms with van der Waals surface area (Å²) in [6.07, 6.45) is 15.2. The number of carbonyl (C=O) groups excluding carboxylic acids is 3. The summed E-state index contributed by atoms with van der Waals surface area (Å²) in [5.74, 6) is -0.695. The minimum absolute atomic E-state index is 0.498. The number of hydrogen-bond donors (Lipinski definition) is 0. The molecule has 1 aliphatic rings. The van der Waals surface area contributed by atoms with Crippen LogP contribution in [0.15, 0.2) is 0 Å². The third-order valence-electron chi connectivity index (χ3n) is 6.41. The van der Waals surface area contributed by atoms with Gasteiger partial charge in [0.25, 0.3) is 0 Å². The number of carbonyl (C=O) groups is 3. The van der Waals surface area contributed by atoms with Crippen molar-refractivity contribution in [2.75, 3.05) is 5.75 Å². The molecule has 1 rings (SSSR count). The fraction of sp³-hybridized carbons (Fsp3) is 0.893. The molecule has 0 aromatic heterocycles. The molecule has 5 atom stereocenters. The van der Waals surface area contributed by atoms with Crippen molar-refractivity contribution < 1.29 is 33.3 Å². The normalized spacial score (nSPS) is 23.8. The Bertz CT molecular complexity index is 627. The molecule has 0 saturated carbocycles. The van der Waals surface area contributed by atoms with Crippen LogP contribution in [0.4, 0.5) is 0 Å². The molecule has 36 heavy (non-hydrogen) atoms. The maximum Gasteiger partial charge on any atom is 0.303 e. The highest BCUT2D eigenvalue weighted by atomic mass is 32.2. The van der Waals surface area contributed by atoms with Crippen molar-refractivity contribution in [2.24, 2.45) is 0 Å². The van der Waals surface area contributed by atoms with Gasteiger partial charge in [-0.25, -0.2) is 0 Å². The Hall–Kier alpha value is -1.28. The predicted octanol–water partition coefficient (Wildman–Crippen LogP) is 6.74. The zero-order valence-corrected chi connectivity index (χ0v) is 24.1. The summed E-state index contributed by atoms with van der Waals surface area (Å²) in [5, 5.41) is 0. The molecule has 0 aromatic carbocycles. The van der Waals surface area contributed by atoms with Crippen LogP contribution < -0.4 is 0 Å². The Balaban J connectivity index is 2.33. The van der Waals surface area contributed by atoms with Gasteiger partial charge in [-0.05, 0) is 19.1 Å². The van der Waals surface area contributed by atoms with Gasteiger partial charge in [-0.2, -0.15) is 0 Å². The Kier molecular flexibility index (Phi) is 18.0. The first-order chi connectivity index (χ1) is 17.3. The van der Waals surface area contributed by atoms with Crippen molar-refractivity contribution in [1.82, 2.24) is 0 Å². The molecule has 210 valence electrons. The SMILES string of the molecule is CCCCCCCCCCCCCCCCS[C@H]1O[C@@H](C)[C@@H](OC(C)=O)[C@@H](OC(C)=O)[C@@H]1OC(C)=O. The molecule has 8 heteroatoms. The Morgan fingerprint density at radius 3 is 1.44 bits per heavy atom. The molecule has 0 aliphatic carbocycles. The van der Waals surface area contributed by atoms with E-state index in [0.717, 1.165) is 18.6 Å². The van der Waals surface area contributed by atoms with Crippen LogP contribution in [0.1, 0.15) is 125 Å². The summed E-state index contributed by atoms with van der Waals surface area (Å²) in [5.41, 5.74) is -0.498. The smallest absolute Gasteiger partial charge is 0.303 e. The number of esters is 3. The molecule has 0 radical (unpaired) electrons. The highest BCUT2D eigenvalue weighted by molar-refractivity contribution is 7.99. The van der Waals surface area contributed by atoms with Crippen molar-refractivity contribution in [1.29, 1.82) is 0 Å². The fourth-order valence-corrected chi connectivity index (χ4v) is 5.86. The van der Waals surface area contributed by atoms with Gasteiger partial charge >= 0.3 is 17.9 Å². The van der Waals surface area contributed by atoms with Gasteiger partial charge in [0, 0.05) is 20.8 Å². The molecular formula is C28H50O7S. The van der Waals surface area contributed by atoms with Crippen molar-refractivity contribution in [3.05, 3.63) is 0 Å². The lowest BCUT2D eigenvalue weighted by atomic mass is 10.00. The van der Waals surface area contributed by atoms with E-state index in [1.54, 1.807) is 18.7 Å². The van der Waals surface area contributed by atoms with Crippen LogP contribution in [0.25, 0.3) is 0 Å². The maximum absolute atomic E-state index is 11.8. The molecule has 1 aliphatic heterocycles. The lowest BCUT2D eigenvalue weighted by Crippen LogP contribution is -2.59. The number of unbranched alkanes of at least 4 members (excludes halogenated alkanes) is 13. The van der Waals surface area contributed by atoms with E-state index in [1.807, 2.05) is 0 Å². The van der Waals surface area contributed by atoms with Gasteiger partial charge in [0.1, 0.15) is 5.44 Å². The van der Waals surface area contributed by atoms with Gasteiger partial charge in [-0.3, -0.25) is 14.4 Å². The third kappa shape index (κ3) is 14.5. The second-order valence-electron chi connectivity index (χ2n) is 9.90. The topological polar surface area (TPSA) is 88.1 Å². The maximum atomic E-state index is 11.8. The lowest BCUT2D eigenvalue weighted by Gasteiger charge is -2.43. The van der Waals surface area contributed by atoms with Crippen LogP contribution in [0.5, 0.6) is 0 Å². The minimum Gasteiger partial charge on any atom is -0.456 e. The van der Waals surface area contributed by atoms with Crippen LogP contribution in [-0.4, -0.2) is 53.5 Å². The largest absolute Gasteiger partial charge is 0.456 e. The second kappa shape index (κ2) is 19.8. The number of ether oxygens (including phenoxy) is 4. The van der Waals surface area contributed by atoms with Crippen LogP contribution in [-0.2, 0) is 33.3 Å². The molecule has 0 bridgehead atoms. The van der Waals surface area contributed by atoms with E-state index < -0.39 is 47.8 Å². The van der Waals surface area contributed by atoms with Gasteiger partial charge in [0.15, 0.2) is 18.3 Å². The average molecular weight is 531 g/mol. The molecule has 1 saturated heterocycles. The van der Waals surface area contributed by atoms with Crippen molar-refractivity contribution in [3.63, 3.8) is 0 Å². The molecule has 7 nitrogen and oxygen atoms in total. The van der Waals surface area contributed by atoms with E-state index in [9.17, 15) is 14.4 Å². The standard InChI is InChI=1S/C28H50O7S/c1-6-7-8-9-10-11-12-13-14-15-16-17-18-19-20-36-28-27(35-24(5)31)26(34-23(4)30)25(21(2)32-28)33-22(3)29/h21,25-28H,6-20H2,1-5H3/t21-,25+,26+,27-,28+/m0/s1. The third-order valence-corrected chi connectivity index (χ3v) is 7.65. The van der Waals surface area contributed by atoms with Crippen molar-refractivity contribution >= 4 is 29.7 Å². The summed E-state index contributed by atoms with van der Waals surface area (Å²) in [6.45, 7) is 7.91. The lowest BCUT2D eigenvalue weighted by molar-refractivity contribution is -0.229. The van der Waals surface area contributed by atoms with E-state index in [1.165, 1.54) is 97.8 Å². The van der Waals surface area contributed by atoms with Gasteiger partial charge < -0.3 is 18.9 Å². The molecule has 1 heterocycles. The summed E-state index contributed by atoms with van der Waals surface area (Å²) in [6, 6.07) is 0. The van der Waals surface area contributed by atoms with Crippen molar-refractivity contribution in [3.8, 4) is 0 Å². The highest BCUT2D eigenvalue weighted by Crippen LogP contribution is 2.34. The Labute approximate surface area is 223 Å². The number of hydrogen-bond acceptors (Lipinski definition) is 8. The first-order valence-electron chi connectivity index (χ1n) is 14.0. The van der Waals surface area contributed by atoms with E-state index >= 15 is 0 Å². The minimum atomic E-state index is -0.909. The summed E-state index contributed by atoms with van der Waals surface area (Å²) >= 11 is 1.56. The summed E-state index contributed by atoms with van der Waals surface area (Å²) in [7, 11) is 0. The number of thioether (sulfide) groups is 1. The van der Waals surface area contributed by atoms with Crippen LogP contribution >= 0.6 is 11.8 Å². The van der Waals surface area contributed by atoms with E-state index in [0.29, 0.717) is 0 Å². The highest BCUT2D eigenvalue weighted by Gasteiger charge is 2.50. The van der Waals surface area contributed by atoms with Crippen LogP contribution in [0.2, 0.25) is 0 Å². The summed E-state index contributed by atoms with van der Waals surface area (Å²) < 4.78 is 22.4. The average Bonchev–Trinajstić information content (AvgIpc) is 2.80. The van der Waals surface area contributed by atoms with Gasteiger partial charge in [0.2, 0.25) is 0 Å². The second-order valence-corrected chi connectivity index (χ2v) is 11.1. The zero-order valence-electron chi connectivity index (χ0n) is 23.3. The molecule has 0 N–H and O–H groups in total. The van der Waals surface area contributed by atoms with E-state index in [-0.39, 0.29) is 0 Å². The van der Waals surface area contributed by atoms with Gasteiger partial charge in [-0.15, -0.1) is 11.8 Å². The van der Waals surface area contributed by atoms with Crippen molar-refractivity contribution in [2.45, 2.75) is 154 Å². The Morgan fingerprint density at radius 1 is 0.611 bits per heavy atom. The number of rotatable bonds is 19. The zero-order chi connectivity index (χ0) is 26.8. The van der Waals surface area contributed by atoms with Gasteiger partial charge in [0.05, 0.1) is 6.10 Å². The molecule has 0 unspecified atom stereocenters. The van der Waals surface area contributed by atoms with Gasteiger partial charge in [-0.1, -0.05) is 90.4 Å². The molecule has 0 spiro atoms. The monoisotopic (exact) mass is 530 g/mol. The molecule has 0 aromatic rings. The first-order valence-corrected chi connectivity index (χ1v) is 15.1. The molecular weight excluding hydrogens is 480 g/mol.